The first-order valence-electron chi connectivity index (χ1n) is 8.44. The molecule has 21 heavy (non-hydrogen) atoms. The lowest BCUT2D eigenvalue weighted by atomic mass is 9.98. The van der Waals surface area contributed by atoms with E-state index in [1.165, 1.54) is 18.4 Å². The quantitative estimate of drug-likeness (QED) is 0.899. The summed E-state index contributed by atoms with van der Waals surface area (Å²) in [6.45, 7) is 5.08. The zero-order valence-electron chi connectivity index (χ0n) is 13.0. The number of carbonyl (C=O) groups excluding carboxylic acids is 1. The Bertz CT molecular complexity index is 512. The maximum Gasteiger partial charge on any atom is 0.255 e. The number of hydrogen-bond donors (Lipinski definition) is 1. The Morgan fingerprint density at radius 3 is 3.05 bits per heavy atom. The van der Waals surface area contributed by atoms with Gasteiger partial charge in [-0.3, -0.25) is 4.79 Å². The van der Waals surface area contributed by atoms with Gasteiger partial charge in [0.05, 0.1) is 11.3 Å². The molecule has 1 amide bonds. The lowest BCUT2D eigenvalue weighted by molar-refractivity contribution is 0.0760. The number of nitrogens with zero attached hydrogens (tertiary/aromatic N) is 1. The summed E-state index contributed by atoms with van der Waals surface area (Å²) < 4.78 is 0. The number of rotatable bonds is 2. The first-order chi connectivity index (χ1) is 10.3. The molecule has 1 aromatic rings. The summed E-state index contributed by atoms with van der Waals surface area (Å²) in [6.07, 6.45) is 7.06. The zero-order chi connectivity index (χ0) is 14.7. The van der Waals surface area contributed by atoms with Crippen LogP contribution in [0.3, 0.4) is 0 Å². The number of likely N-dealkylation sites (tertiary alicyclic amines) is 1. The Morgan fingerprint density at radius 1 is 1.29 bits per heavy atom. The molecule has 0 bridgehead atoms. The molecule has 1 atom stereocenters. The van der Waals surface area contributed by atoms with E-state index in [0.29, 0.717) is 0 Å². The average molecular weight is 286 g/mol. The second-order valence-corrected chi connectivity index (χ2v) is 6.37. The van der Waals surface area contributed by atoms with Gasteiger partial charge in [-0.2, -0.15) is 0 Å². The molecule has 2 aliphatic rings. The number of anilines is 1. The SMILES string of the molecule is CCC1CCCN(C(=O)c2cccc3c2NCCC3)CC1. The molecule has 1 unspecified atom stereocenters. The van der Waals surface area contributed by atoms with Crippen LogP contribution in [-0.4, -0.2) is 30.4 Å². The van der Waals surface area contributed by atoms with Gasteiger partial charge >= 0.3 is 0 Å². The van der Waals surface area contributed by atoms with Crippen molar-refractivity contribution in [2.75, 3.05) is 25.0 Å². The fraction of sp³-hybridized carbons (Fsp3) is 0.611. The molecule has 2 heterocycles. The smallest absolute Gasteiger partial charge is 0.255 e. The van der Waals surface area contributed by atoms with E-state index < -0.39 is 0 Å². The summed E-state index contributed by atoms with van der Waals surface area (Å²) in [7, 11) is 0. The zero-order valence-corrected chi connectivity index (χ0v) is 13.0. The van der Waals surface area contributed by atoms with Crippen molar-refractivity contribution in [2.45, 2.75) is 45.4 Å². The molecule has 3 heteroatoms. The summed E-state index contributed by atoms with van der Waals surface area (Å²) in [4.78, 5) is 15.0. The predicted octanol–water partition coefficient (Wildman–Crippen LogP) is 3.70. The van der Waals surface area contributed by atoms with E-state index in [1.54, 1.807) is 0 Å². The minimum atomic E-state index is 0.220. The molecular weight excluding hydrogens is 260 g/mol. The van der Waals surface area contributed by atoms with Crippen LogP contribution in [0, 0.1) is 5.92 Å². The molecule has 1 fully saturated rings. The Balaban J connectivity index is 1.79. The van der Waals surface area contributed by atoms with E-state index in [0.717, 1.165) is 62.5 Å². The van der Waals surface area contributed by atoms with Crippen molar-refractivity contribution in [3.05, 3.63) is 29.3 Å². The van der Waals surface area contributed by atoms with Crippen LogP contribution in [0.5, 0.6) is 0 Å². The summed E-state index contributed by atoms with van der Waals surface area (Å²) >= 11 is 0. The van der Waals surface area contributed by atoms with Crippen molar-refractivity contribution in [1.82, 2.24) is 4.90 Å². The topological polar surface area (TPSA) is 32.3 Å². The number of hydrogen-bond acceptors (Lipinski definition) is 2. The predicted molar refractivity (Wildman–Crippen MR) is 86.8 cm³/mol. The molecule has 2 aliphatic heterocycles. The van der Waals surface area contributed by atoms with Crippen molar-refractivity contribution < 1.29 is 4.79 Å². The molecule has 1 saturated heterocycles. The lowest BCUT2D eigenvalue weighted by Crippen LogP contribution is -2.33. The van der Waals surface area contributed by atoms with Gasteiger partial charge in [0, 0.05) is 19.6 Å². The normalized spacial score (nSPS) is 22.1. The van der Waals surface area contributed by atoms with Crippen molar-refractivity contribution in [3.8, 4) is 0 Å². The van der Waals surface area contributed by atoms with Gasteiger partial charge in [-0.1, -0.05) is 25.5 Å². The van der Waals surface area contributed by atoms with E-state index in [1.807, 2.05) is 12.1 Å². The molecule has 3 rings (SSSR count). The van der Waals surface area contributed by atoms with E-state index in [-0.39, 0.29) is 5.91 Å². The second kappa shape index (κ2) is 6.50. The Kier molecular flexibility index (Phi) is 4.47. The molecule has 114 valence electrons. The molecule has 0 saturated carbocycles. The summed E-state index contributed by atoms with van der Waals surface area (Å²) in [5.74, 6) is 1.02. The lowest BCUT2D eigenvalue weighted by Gasteiger charge is -2.25. The van der Waals surface area contributed by atoms with Gasteiger partial charge in [0.15, 0.2) is 0 Å². The monoisotopic (exact) mass is 286 g/mol. The van der Waals surface area contributed by atoms with Crippen LogP contribution >= 0.6 is 0 Å². The number of carbonyl (C=O) groups is 1. The van der Waals surface area contributed by atoms with Gasteiger partial charge in [0.1, 0.15) is 0 Å². The third-order valence-electron chi connectivity index (χ3n) is 5.02. The molecular formula is C18H26N2O. The van der Waals surface area contributed by atoms with Crippen LogP contribution in [-0.2, 0) is 6.42 Å². The number of benzene rings is 1. The maximum absolute atomic E-state index is 12.9. The molecule has 0 radical (unpaired) electrons. The Labute approximate surface area is 127 Å². The highest BCUT2D eigenvalue weighted by Gasteiger charge is 2.24. The van der Waals surface area contributed by atoms with Crippen LogP contribution < -0.4 is 5.32 Å². The van der Waals surface area contributed by atoms with Gasteiger partial charge < -0.3 is 10.2 Å². The maximum atomic E-state index is 12.9. The number of amides is 1. The van der Waals surface area contributed by atoms with Gasteiger partial charge in [0.2, 0.25) is 0 Å². The van der Waals surface area contributed by atoms with E-state index in [4.69, 9.17) is 0 Å². The van der Waals surface area contributed by atoms with Crippen LogP contribution in [0.25, 0.3) is 0 Å². The molecule has 1 N–H and O–H groups in total. The minimum Gasteiger partial charge on any atom is -0.384 e. The van der Waals surface area contributed by atoms with Crippen molar-refractivity contribution >= 4 is 11.6 Å². The highest BCUT2D eigenvalue weighted by molar-refractivity contribution is 6.00. The van der Waals surface area contributed by atoms with Crippen molar-refractivity contribution in [1.29, 1.82) is 0 Å². The standard InChI is InChI=1S/C18H26N2O/c1-2-14-6-5-12-20(13-10-14)18(21)16-9-3-7-15-8-4-11-19-17(15)16/h3,7,9,14,19H,2,4-6,8,10-13H2,1H3. The third kappa shape index (κ3) is 3.07. The highest BCUT2D eigenvalue weighted by Crippen LogP contribution is 2.28. The van der Waals surface area contributed by atoms with E-state index >= 15 is 0 Å². The average Bonchev–Trinajstić information content (AvgIpc) is 2.79. The van der Waals surface area contributed by atoms with E-state index in [2.05, 4.69) is 23.2 Å². The van der Waals surface area contributed by atoms with E-state index in [9.17, 15) is 4.79 Å². The number of aryl methyl sites for hydroxylation is 1. The van der Waals surface area contributed by atoms with Crippen LogP contribution in [0.1, 0.15) is 54.9 Å². The van der Waals surface area contributed by atoms with Gasteiger partial charge in [-0.25, -0.2) is 0 Å². The number of fused-ring (bicyclic) bond motifs is 1. The number of nitrogens with one attached hydrogen (secondary N) is 1. The second-order valence-electron chi connectivity index (χ2n) is 6.37. The Hall–Kier alpha value is -1.51. The Morgan fingerprint density at radius 2 is 2.19 bits per heavy atom. The van der Waals surface area contributed by atoms with Crippen LogP contribution in [0.2, 0.25) is 0 Å². The summed E-state index contributed by atoms with van der Waals surface area (Å²) in [5.41, 5.74) is 3.26. The largest absolute Gasteiger partial charge is 0.384 e. The third-order valence-corrected chi connectivity index (χ3v) is 5.02. The minimum absolute atomic E-state index is 0.220. The molecule has 0 aromatic heterocycles. The molecule has 1 aromatic carbocycles. The number of para-hydroxylation sites is 1. The van der Waals surface area contributed by atoms with Crippen LogP contribution in [0.4, 0.5) is 5.69 Å². The fourth-order valence-corrected chi connectivity index (χ4v) is 3.63. The summed E-state index contributed by atoms with van der Waals surface area (Å²) in [5, 5.41) is 3.44. The first-order valence-corrected chi connectivity index (χ1v) is 8.44. The molecule has 0 aliphatic carbocycles. The van der Waals surface area contributed by atoms with Crippen molar-refractivity contribution in [2.24, 2.45) is 5.92 Å². The first kappa shape index (κ1) is 14.4. The molecule has 3 nitrogen and oxygen atoms in total. The van der Waals surface area contributed by atoms with Crippen LogP contribution in [0.15, 0.2) is 18.2 Å². The highest BCUT2D eigenvalue weighted by atomic mass is 16.2. The van der Waals surface area contributed by atoms with Gasteiger partial charge in [0.25, 0.3) is 5.91 Å². The van der Waals surface area contributed by atoms with Gasteiger partial charge in [-0.05, 0) is 49.7 Å². The molecule has 0 spiro atoms. The summed E-state index contributed by atoms with van der Waals surface area (Å²) in [6, 6.07) is 6.17. The van der Waals surface area contributed by atoms with Crippen molar-refractivity contribution in [3.63, 3.8) is 0 Å². The fourth-order valence-electron chi connectivity index (χ4n) is 3.63. The van der Waals surface area contributed by atoms with Gasteiger partial charge in [-0.15, -0.1) is 0 Å².